The topological polar surface area (TPSA) is 63.3 Å². The van der Waals surface area contributed by atoms with E-state index in [1.807, 2.05) is 0 Å². The standard InChI is InChI=1S/C5H9NO2/c6-3-1-2-5(8)4-7/h1-2,7H,3-4,6H2. The molecule has 0 aromatic carbocycles. The maximum absolute atomic E-state index is 10.2. The van der Waals surface area contributed by atoms with Crippen molar-refractivity contribution in [3.8, 4) is 0 Å². The summed E-state index contributed by atoms with van der Waals surface area (Å²) in [6, 6.07) is 0. The minimum Gasteiger partial charge on any atom is -0.388 e. The van der Waals surface area contributed by atoms with E-state index < -0.39 is 6.61 Å². The molecule has 0 saturated carbocycles. The molecule has 0 atom stereocenters. The second kappa shape index (κ2) is 4.49. The van der Waals surface area contributed by atoms with Crippen LogP contribution in [0, 0.1) is 0 Å². The van der Waals surface area contributed by atoms with E-state index in [0.29, 0.717) is 6.54 Å². The van der Waals surface area contributed by atoms with E-state index in [9.17, 15) is 4.79 Å². The van der Waals surface area contributed by atoms with Crippen LogP contribution in [0.1, 0.15) is 0 Å². The van der Waals surface area contributed by atoms with Crippen LogP contribution in [0.3, 0.4) is 0 Å². The van der Waals surface area contributed by atoms with Crippen molar-refractivity contribution >= 4 is 5.78 Å². The van der Waals surface area contributed by atoms with E-state index in [1.54, 1.807) is 0 Å². The van der Waals surface area contributed by atoms with Crippen LogP contribution in [0.5, 0.6) is 0 Å². The van der Waals surface area contributed by atoms with Gasteiger partial charge in [-0.2, -0.15) is 0 Å². The predicted octanol–water partition coefficient (Wildman–Crippen LogP) is -0.937. The zero-order valence-electron chi connectivity index (χ0n) is 4.50. The van der Waals surface area contributed by atoms with Crippen molar-refractivity contribution in [3.05, 3.63) is 12.2 Å². The Bertz CT molecular complexity index is 98.6. The summed E-state index contributed by atoms with van der Waals surface area (Å²) in [5.41, 5.74) is 5.01. The van der Waals surface area contributed by atoms with Crippen molar-refractivity contribution < 1.29 is 9.90 Å². The molecule has 0 aromatic heterocycles. The van der Waals surface area contributed by atoms with E-state index in [1.165, 1.54) is 12.2 Å². The molecular weight excluding hydrogens is 106 g/mol. The zero-order valence-corrected chi connectivity index (χ0v) is 4.50. The molecule has 3 nitrogen and oxygen atoms in total. The highest BCUT2D eigenvalue weighted by atomic mass is 16.3. The number of rotatable bonds is 3. The number of ketones is 1. The highest BCUT2D eigenvalue weighted by molar-refractivity contribution is 5.90. The van der Waals surface area contributed by atoms with Gasteiger partial charge in [-0.1, -0.05) is 6.08 Å². The van der Waals surface area contributed by atoms with Gasteiger partial charge in [0.25, 0.3) is 0 Å². The van der Waals surface area contributed by atoms with Crippen molar-refractivity contribution in [3.63, 3.8) is 0 Å². The third-order valence-corrected chi connectivity index (χ3v) is 0.596. The molecule has 0 saturated heterocycles. The second-order valence-corrected chi connectivity index (χ2v) is 1.26. The van der Waals surface area contributed by atoms with Crippen LogP contribution in [0.15, 0.2) is 12.2 Å². The maximum atomic E-state index is 10.2. The molecule has 0 fully saturated rings. The van der Waals surface area contributed by atoms with Gasteiger partial charge in [-0.3, -0.25) is 4.79 Å². The number of carbonyl (C=O) groups is 1. The first kappa shape index (κ1) is 7.33. The number of aliphatic hydroxyl groups is 1. The molecular formula is C5H9NO2. The number of nitrogens with two attached hydrogens (primary N) is 1. The van der Waals surface area contributed by atoms with Crippen LogP contribution in [0.25, 0.3) is 0 Å². The fourth-order valence-electron chi connectivity index (χ4n) is 0.252. The van der Waals surface area contributed by atoms with Gasteiger partial charge in [-0.15, -0.1) is 0 Å². The second-order valence-electron chi connectivity index (χ2n) is 1.26. The number of hydrogen-bond acceptors (Lipinski definition) is 3. The third kappa shape index (κ3) is 3.52. The van der Waals surface area contributed by atoms with Crippen molar-refractivity contribution in [1.29, 1.82) is 0 Å². The smallest absolute Gasteiger partial charge is 0.180 e. The maximum Gasteiger partial charge on any atom is 0.180 e. The van der Waals surface area contributed by atoms with Crippen LogP contribution in [-0.2, 0) is 4.79 Å². The summed E-state index contributed by atoms with van der Waals surface area (Å²) < 4.78 is 0. The Morgan fingerprint density at radius 1 is 1.75 bits per heavy atom. The molecule has 0 heterocycles. The SMILES string of the molecule is NCC=CC(=O)CO. The van der Waals surface area contributed by atoms with Crippen LogP contribution >= 0.6 is 0 Å². The van der Waals surface area contributed by atoms with Crippen molar-refractivity contribution in [1.82, 2.24) is 0 Å². The van der Waals surface area contributed by atoms with Crippen LogP contribution in [0.4, 0.5) is 0 Å². The average Bonchev–Trinajstić information content (AvgIpc) is 1.83. The molecule has 0 bridgehead atoms. The molecule has 0 rings (SSSR count). The quantitative estimate of drug-likeness (QED) is 0.467. The normalized spacial score (nSPS) is 10.2. The fraction of sp³-hybridized carbons (Fsp3) is 0.400. The summed E-state index contributed by atoms with van der Waals surface area (Å²) in [4.78, 5) is 10.2. The summed E-state index contributed by atoms with van der Waals surface area (Å²) in [7, 11) is 0. The lowest BCUT2D eigenvalue weighted by atomic mass is 10.4. The molecule has 0 aliphatic rings. The highest BCUT2D eigenvalue weighted by Gasteiger charge is 1.86. The molecule has 0 aliphatic heterocycles. The van der Waals surface area contributed by atoms with Crippen LogP contribution in [-0.4, -0.2) is 24.0 Å². The molecule has 0 amide bonds. The lowest BCUT2D eigenvalue weighted by molar-refractivity contribution is -0.117. The Hall–Kier alpha value is -0.670. The predicted molar refractivity (Wildman–Crippen MR) is 30.3 cm³/mol. The minimum atomic E-state index is -0.434. The summed E-state index contributed by atoms with van der Waals surface area (Å²) >= 11 is 0. The minimum absolute atomic E-state index is 0.310. The molecule has 3 N–H and O–H groups in total. The Kier molecular flexibility index (Phi) is 4.11. The van der Waals surface area contributed by atoms with E-state index in [2.05, 4.69) is 0 Å². The van der Waals surface area contributed by atoms with Gasteiger partial charge in [0.1, 0.15) is 6.61 Å². The lowest BCUT2D eigenvalue weighted by Gasteiger charge is -1.81. The number of hydrogen-bond donors (Lipinski definition) is 2. The molecule has 0 aromatic rings. The van der Waals surface area contributed by atoms with Crippen molar-refractivity contribution in [2.45, 2.75) is 0 Å². The van der Waals surface area contributed by atoms with Gasteiger partial charge in [0.05, 0.1) is 0 Å². The molecule has 0 unspecified atom stereocenters. The van der Waals surface area contributed by atoms with Gasteiger partial charge in [0.15, 0.2) is 5.78 Å². The van der Waals surface area contributed by atoms with E-state index >= 15 is 0 Å². The van der Waals surface area contributed by atoms with E-state index in [0.717, 1.165) is 0 Å². The van der Waals surface area contributed by atoms with Crippen molar-refractivity contribution in [2.24, 2.45) is 5.73 Å². The lowest BCUT2D eigenvalue weighted by Crippen LogP contribution is -2.00. The Labute approximate surface area is 47.8 Å². The summed E-state index contributed by atoms with van der Waals surface area (Å²) in [5, 5.41) is 8.12. The zero-order chi connectivity index (χ0) is 6.41. The van der Waals surface area contributed by atoms with E-state index in [-0.39, 0.29) is 5.78 Å². The van der Waals surface area contributed by atoms with E-state index in [4.69, 9.17) is 10.8 Å². The van der Waals surface area contributed by atoms with Crippen LogP contribution in [0.2, 0.25) is 0 Å². The monoisotopic (exact) mass is 115 g/mol. The summed E-state index contributed by atoms with van der Waals surface area (Å²) in [5.74, 6) is -0.310. The van der Waals surface area contributed by atoms with Gasteiger partial charge in [-0.05, 0) is 6.08 Å². The van der Waals surface area contributed by atoms with Gasteiger partial charge < -0.3 is 10.8 Å². The average molecular weight is 115 g/mol. The highest BCUT2D eigenvalue weighted by Crippen LogP contribution is 1.71. The summed E-state index contributed by atoms with van der Waals surface area (Å²) in [6.07, 6.45) is 2.76. The molecule has 0 spiro atoms. The first-order valence-electron chi connectivity index (χ1n) is 2.31. The largest absolute Gasteiger partial charge is 0.388 e. The third-order valence-electron chi connectivity index (χ3n) is 0.596. The fourth-order valence-corrected chi connectivity index (χ4v) is 0.252. The molecule has 0 aliphatic carbocycles. The first-order valence-corrected chi connectivity index (χ1v) is 2.31. The number of aliphatic hydroxyl groups excluding tert-OH is 1. The van der Waals surface area contributed by atoms with Crippen LogP contribution < -0.4 is 5.73 Å². The van der Waals surface area contributed by atoms with Gasteiger partial charge >= 0.3 is 0 Å². The molecule has 8 heavy (non-hydrogen) atoms. The number of carbonyl (C=O) groups excluding carboxylic acids is 1. The Balaban J connectivity index is 3.37. The van der Waals surface area contributed by atoms with Gasteiger partial charge in [0.2, 0.25) is 0 Å². The Morgan fingerprint density at radius 3 is 2.75 bits per heavy atom. The van der Waals surface area contributed by atoms with Gasteiger partial charge in [0, 0.05) is 6.54 Å². The Morgan fingerprint density at radius 2 is 2.38 bits per heavy atom. The summed E-state index contributed by atoms with van der Waals surface area (Å²) in [6.45, 7) is -0.0950. The molecule has 3 heteroatoms. The first-order chi connectivity index (χ1) is 3.81. The molecule has 0 radical (unpaired) electrons. The van der Waals surface area contributed by atoms with Gasteiger partial charge in [-0.25, -0.2) is 0 Å². The molecule has 46 valence electrons. The van der Waals surface area contributed by atoms with Crippen molar-refractivity contribution in [2.75, 3.05) is 13.2 Å².